The van der Waals surface area contributed by atoms with Gasteiger partial charge in [0, 0.05) is 11.1 Å². The number of halogens is 2. The van der Waals surface area contributed by atoms with Crippen molar-refractivity contribution in [1.29, 1.82) is 0 Å². The lowest BCUT2D eigenvalue weighted by Gasteiger charge is -2.22. The quantitative estimate of drug-likeness (QED) is 0.809. The number of para-hydroxylation sites is 1. The van der Waals surface area contributed by atoms with Gasteiger partial charge < -0.3 is 14.8 Å². The van der Waals surface area contributed by atoms with Crippen LogP contribution in [-0.4, -0.2) is 18.8 Å². The Balaban J connectivity index is 2.25. The van der Waals surface area contributed by atoms with Crippen LogP contribution in [0.25, 0.3) is 11.1 Å². The minimum atomic E-state index is -0.639. The first-order valence-corrected chi connectivity index (χ1v) is 8.24. The van der Waals surface area contributed by atoms with E-state index < -0.39 is 29.4 Å². The van der Waals surface area contributed by atoms with Crippen molar-refractivity contribution >= 4 is 6.09 Å². The number of hydrogen-bond donors (Lipinski definition) is 1. The van der Waals surface area contributed by atoms with Crippen molar-refractivity contribution < 1.29 is 23.0 Å². The van der Waals surface area contributed by atoms with Gasteiger partial charge in [-0.1, -0.05) is 24.3 Å². The van der Waals surface area contributed by atoms with E-state index in [4.69, 9.17) is 9.47 Å². The summed E-state index contributed by atoms with van der Waals surface area (Å²) in [6.07, 6.45) is -0.625. The van der Waals surface area contributed by atoms with Crippen molar-refractivity contribution in [3.05, 3.63) is 53.6 Å². The molecule has 0 aliphatic carbocycles. The number of amides is 1. The van der Waals surface area contributed by atoms with Gasteiger partial charge in [0.2, 0.25) is 0 Å². The van der Waals surface area contributed by atoms with Crippen LogP contribution in [0, 0.1) is 11.6 Å². The highest BCUT2D eigenvalue weighted by Gasteiger charge is 2.20. The molecule has 2 aromatic carbocycles. The Bertz CT molecular complexity index is 800. The van der Waals surface area contributed by atoms with E-state index in [1.807, 2.05) is 0 Å². The zero-order valence-electron chi connectivity index (χ0n) is 15.5. The summed E-state index contributed by atoms with van der Waals surface area (Å²) in [5.74, 6) is -0.980. The lowest BCUT2D eigenvalue weighted by molar-refractivity contribution is 0.0507. The molecule has 0 aliphatic rings. The van der Waals surface area contributed by atoms with Crippen LogP contribution in [0.3, 0.4) is 0 Å². The zero-order chi connectivity index (χ0) is 19.5. The lowest BCUT2D eigenvalue weighted by Crippen LogP contribution is -2.34. The Morgan fingerprint density at radius 3 is 2.38 bits per heavy atom. The molecule has 26 heavy (non-hydrogen) atoms. The molecule has 140 valence electrons. The summed E-state index contributed by atoms with van der Waals surface area (Å²) in [6.45, 7) is 6.90. The molecule has 0 unspecified atom stereocenters. The van der Waals surface area contributed by atoms with Crippen molar-refractivity contribution in [3.63, 3.8) is 0 Å². The summed E-state index contributed by atoms with van der Waals surface area (Å²) in [6, 6.07) is 8.37. The van der Waals surface area contributed by atoms with Crippen molar-refractivity contribution in [2.45, 2.75) is 39.3 Å². The van der Waals surface area contributed by atoms with Crippen LogP contribution in [0.1, 0.15) is 39.3 Å². The van der Waals surface area contributed by atoms with Gasteiger partial charge in [0.05, 0.1) is 13.2 Å². The molecule has 1 amide bonds. The van der Waals surface area contributed by atoms with Crippen molar-refractivity contribution in [2.75, 3.05) is 7.11 Å². The second-order valence-electron chi connectivity index (χ2n) is 6.92. The van der Waals surface area contributed by atoms with Gasteiger partial charge in [-0.2, -0.15) is 0 Å². The van der Waals surface area contributed by atoms with E-state index in [2.05, 4.69) is 5.32 Å². The third-order valence-electron chi connectivity index (χ3n) is 3.68. The van der Waals surface area contributed by atoms with Gasteiger partial charge in [-0.3, -0.25) is 0 Å². The number of carbonyl (C=O) groups is 1. The molecular weight excluding hydrogens is 340 g/mol. The van der Waals surface area contributed by atoms with Gasteiger partial charge in [0.15, 0.2) is 11.6 Å². The number of alkyl carbamates (subject to hydrolysis) is 1. The third kappa shape index (κ3) is 4.71. The highest BCUT2D eigenvalue weighted by Crippen LogP contribution is 2.33. The SMILES string of the molecule is COc1c(F)cccc1-c1ccc([C@@H](C)NC(=O)OC(C)(C)C)c(F)c1. The molecule has 0 aromatic heterocycles. The summed E-state index contributed by atoms with van der Waals surface area (Å²) in [7, 11) is 1.36. The maximum atomic E-state index is 14.6. The number of hydrogen-bond acceptors (Lipinski definition) is 3. The summed E-state index contributed by atoms with van der Waals surface area (Å²) in [5, 5.41) is 2.60. The smallest absolute Gasteiger partial charge is 0.408 e. The molecule has 0 bridgehead atoms. The van der Waals surface area contributed by atoms with Crippen LogP contribution in [0.2, 0.25) is 0 Å². The van der Waals surface area contributed by atoms with E-state index in [9.17, 15) is 13.6 Å². The average Bonchev–Trinajstić information content (AvgIpc) is 2.52. The molecule has 0 saturated carbocycles. The van der Waals surface area contributed by atoms with E-state index in [1.165, 1.54) is 25.3 Å². The van der Waals surface area contributed by atoms with E-state index in [0.29, 0.717) is 16.7 Å². The molecule has 0 heterocycles. The zero-order valence-corrected chi connectivity index (χ0v) is 15.5. The fourth-order valence-corrected chi connectivity index (χ4v) is 2.55. The second kappa shape index (κ2) is 7.72. The fourth-order valence-electron chi connectivity index (χ4n) is 2.55. The molecule has 4 nitrogen and oxygen atoms in total. The maximum absolute atomic E-state index is 14.6. The lowest BCUT2D eigenvalue weighted by atomic mass is 10.00. The molecule has 0 aliphatic heterocycles. The molecule has 0 spiro atoms. The molecule has 2 aromatic rings. The van der Waals surface area contributed by atoms with E-state index in [0.717, 1.165) is 0 Å². The van der Waals surface area contributed by atoms with Crippen molar-refractivity contribution in [1.82, 2.24) is 5.32 Å². The highest BCUT2D eigenvalue weighted by atomic mass is 19.1. The molecule has 0 radical (unpaired) electrons. The van der Waals surface area contributed by atoms with Crippen LogP contribution < -0.4 is 10.1 Å². The number of ether oxygens (including phenoxy) is 2. The highest BCUT2D eigenvalue weighted by molar-refractivity contribution is 5.71. The normalized spacial score (nSPS) is 12.4. The first kappa shape index (κ1) is 19.7. The summed E-state index contributed by atoms with van der Waals surface area (Å²) < 4.78 is 38.7. The first-order chi connectivity index (χ1) is 12.1. The first-order valence-electron chi connectivity index (χ1n) is 8.24. The fraction of sp³-hybridized carbons (Fsp3) is 0.350. The van der Waals surface area contributed by atoms with Crippen molar-refractivity contribution in [2.24, 2.45) is 0 Å². The Kier molecular flexibility index (Phi) is 5.85. The molecular formula is C20H23F2NO3. The van der Waals surface area contributed by atoms with Crippen LogP contribution in [0.15, 0.2) is 36.4 Å². The number of carbonyl (C=O) groups excluding carboxylic acids is 1. The predicted octanol–water partition coefficient (Wildman–Crippen LogP) is 5.23. The summed E-state index contributed by atoms with van der Waals surface area (Å²) >= 11 is 0. The minimum Gasteiger partial charge on any atom is -0.493 e. The van der Waals surface area contributed by atoms with Gasteiger partial charge in [-0.15, -0.1) is 0 Å². The standard InChI is InChI=1S/C20H23F2NO3/c1-12(23-19(24)26-20(2,3)4)14-10-9-13(11-17(14)22)15-7-6-8-16(21)18(15)25-5/h6-12H,1-5H3,(H,23,24)/t12-/m1/s1. The largest absolute Gasteiger partial charge is 0.493 e. The molecule has 0 fully saturated rings. The monoisotopic (exact) mass is 363 g/mol. The molecule has 0 saturated heterocycles. The van der Waals surface area contributed by atoms with Gasteiger partial charge in [-0.05, 0) is 45.4 Å². The predicted molar refractivity (Wildman–Crippen MR) is 96.1 cm³/mol. The second-order valence-corrected chi connectivity index (χ2v) is 6.92. The Labute approximate surface area is 152 Å². The van der Waals surface area contributed by atoms with Gasteiger partial charge in [0.25, 0.3) is 0 Å². The molecule has 2 rings (SSSR count). The van der Waals surface area contributed by atoms with E-state index in [1.54, 1.807) is 45.9 Å². The summed E-state index contributed by atoms with van der Waals surface area (Å²) in [4.78, 5) is 11.8. The van der Waals surface area contributed by atoms with Gasteiger partial charge >= 0.3 is 6.09 Å². The molecule has 6 heteroatoms. The van der Waals surface area contributed by atoms with E-state index in [-0.39, 0.29) is 5.75 Å². The van der Waals surface area contributed by atoms with Crippen LogP contribution in [0.5, 0.6) is 5.75 Å². The van der Waals surface area contributed by atoms with Gasteiger partial charge in [-0.25, -0.2) is 13.6 Å². The van der Waals surface area contributed by atoms with Crippen molar-refractivity contribution in [3.8, 4) is 16.9 Å². The van der Waals surface area contributed by atoms with Crippen LogP contribution in [-0.2, 0) is 4.74 Å². The molecule has 1 N–H and O–H groups in total. The number of nitrogens with one attached hydrogen (secondary N) is 1. The minimum absolute atomic E-state index is 0.0552. The maximum Gasteiger partial charge on any atom is 0.408 e. The Morgan fingerprint density at radius 1 is 1.12 bits per heavy atom. The average molecular weight is 363 g/mol. The third-order valence-corrected chi connectivity index (χ3v) is 3.68. The topological polar surface area (TPSA) is 47.6 Å². The van der Waals surface area contributed by atoms with Crippen LogP contribution >= 0.6 is 0 Å². The Morgan fingerprint density at radius 2 is 1.81 bits per heavy atom. The van der Waals surface area contributed by atoms with Gasteiger partial charge in [0.1, 0.15) is 11.4 Å². The number of rotatable bonds is 4. The van der Waals surface area contributed by atoms with E-state index >= 15 is 0 Å². The number of methoxy groups -OCH3 is 1. The van der Waals surface area contributed by atoms with Crippen LogP contribution in [0.4, 0.5) is 13.6 Å². The molecule has 1 atom stereocenters. The summed E-state index contributed by atoms with van der Waals surface area (Å²) in [5.41, 5.74) is 0.591. The number of benzene rings is 2. The Hall–Kier alpha value is -2.63.